The molecule has 0 bridgehead atoms. The van der Waals surface area contributed by atoms with Crippen LogP contribution in [0.3, 0.4) is 0 Å². The second-order valence-corrected chi connectivity index (χ2v) is 7.76. The number of hydrogen-bond donors (Lipinski definition) is 0. The molecule has 2 aliphatic heterocycles. The molecule has 2 saturated heterocycles. The minimum absolute atomic E-state index is 0.00151. The Kier molecular flexibility index (Phi) is 4.98. The Balaban J connectivity index is 1.79. The van der Waals surface area contributed by atoms with Crippen molar-refractivity contribution in [1.82, 2.24) is 9.80 Å². The third kappa shape index (κ3) is 3.48. The van der Waals surface area contributed by atoms with E-state index in [0.29, 0.717) is 5.92 Å². The van der Waals surface area contributed by atoms with Gasteiger partial charge in [-0.05, 0) is 63.2 Å². The Labute approximate surface area is 150 Å². The van der Waals surface area contributed by atoms with Crippen molar-refractivity contribution >= 4 is 11.8 Å². The zero-order chi connectivity index (χ0) is 18.0. The van der Waals surface area contributed by atoms with E-state index in [0.717, 1.165) is 56.4 Å². The van der Waals surface area contributed by atoms with Crippen LogP contribution < -0.4 is 0 Å². The van der Waals surface area contributed by atoms with E-state index >= 15 is 0 Å². The Morgan fingerprint density at radius 2 is 1.84 bits per heavy atom. The first-order valence-corrected chi connectivity index (χ1v) is 9.26. The first kappa shape index (κ1) is 17.7. The van der Waals surface area contributed by atoms with Gasteiger partial charge in [0.25, 0.3) is 5.91 Å². The minimum Gasteiger partial charge on any atom is -0.339 e. The molecule has 1 aromatic carbocycles. The summed E-state index contributed by atoms with van der Waals surface area (Å²) in [5.74, 6) is 0.490. The molecule has 4 nitrogen and oxygen atoms in total. The highest BCUT2D eigenvalue weighted by molar-refractivity contribution is 5.96. The molecule has 0 aromatic heterocycles. The van der Waals surface area contributed by atoms with Crippen LogP contribution in [0.5, 0.6) is 0 Å². The van der Waals surface area contributed by atoms with E-state index in [1.807, 2.05) is 28.0 Å². The molecule has 3 rings (SSSR count). The zero-order valence-electron chi connectivity index (χ0n) is 15.3. The van der Waals surface area contributed by atoms with Gasteiger partial charge < -0.3 is 9.80 Å². The molecule has 0 aliphatic carbocycles. The van der Waals surface area contributed by atoms with E-state index in [-0.39, 0.29) is 17.4 Å². The van der Waals surface area contributed by atoms with Gasteiger partial charge in [-0.3, -0.25) is 9.59 Å². The summed E-state index contributed by atoms with van der Waals surface area (Å²) in [6.07, 6.45) is 5.31. The van der Waals surface area contributed by atoms with Crippen molar-refractivity contribution in [3.05, 3.63) is 48.0 Å². The van der Waals surface area contributed by atoms with Crippen LogP contribution in [0, 0.1) is 0 Å². The van der Waals surface area contributed by atoms with Gasteiger partial charge in [0, 0.05) is 30.7 Å². The SMILES string of the molecule is C=CC(=O)N1CCC(c2ccccc2C(=O)N2CCCC2(C)C)CC1. The second-order valence-electron chi connectivity index (χ2n) is 7.76. The largest absolute Gasteiger partial charge is 0.339 e. The van der Waals surface area contributed by atoms with Gasteiger partial charge in [0.15, 0.2) is 0 Å². The number of benzene rings is 1. The number of piperidine rings is 1. The Morgan fingerprint density at radius 3 is 2.44 bits per heavy atom. The molecular weight excluding hydrogens is 312 g/mol. The van der Waals surface area contributed by atoms with Gasteiger partial charge in [-0.15, -0.1) is 0 Å². The molecule has 1 aromatic rings. The number of carbonyl (C=O) groups excluding carboxylic acids is 2. The van der Waals surface area contributed by atoms with Crippen LogP contribution in [-0.4, -0.2) is 46.8 Å². The van der Waals surface area contributed by atoms with Crippen molar-refractivity contribution in [3.63, 3.8) is 0 Å². The highest BCUT2D eigenvalue weighted by Crippen LogP contribution is 2.34. The fourth-order valence-electron chi connectivity index (χ4n) is 4.22. The monoisotopic (exact) mass is 340 g/mol. The van der Waals surface area contributed by atoms with E-state index in [4.69, 9.17) is 0 Å². The summed E-state index contributed by atoms with van der Waals surface area (Å²) in [6.45, 7) is 10.2. The van der Waals surface area contributed by atoms with Gasteiger partial charge in [-0.1, -0.05) is 24.8 Å². The molecule has 2 aliphatic rings. The van der Waals surface area contributed by atoms with Gasteiger partial charge in [-0.2, -0.15) is 0 Å². The van der Waals surface area contributed by atoms with E-state index in [9.17, 15) is 9.59 Å². The molecule has 0 saturated carbocycles. The molecule has 0 unspecified atom stereocenters. The fourth-order valence-corrected chi connectivity index (χ4v) is 4.22. The summed E-state index contributed by atoms with van der Waals surface area (Å²) in [4.78, 5) is 28.8. The highest BCUT2D eigenvalue weighted by atomic mass is 16.2. The van der Waals surface area contributed by atoms with Crippen LogP contribution >= 0.6 is 0 Å². The topological polar surface area (TPSA) is 40.6 Å². The van der Waals surface area contributed by atoms with E-state index < -0.39 is 0 Å². The molecule has 4 heteroatoms. The quantitative estimate of drug-likeness (QED) is 0.789. The average molecular weight is 340 g/mol. The first-order valence-electron chi connectivity index (χ1n) is 9.26. The van der Waals surface area contributed by atoms with E-state index in [1.165, 1.54) is 6.08 Å². The van der Waals surface area contributed by atoms with Crippen molar-refractivity contribution in [2.24, 2.45) is 0 Å². The van der Waals surface area contributed by atoms with Crippen LogP contribution in [0.1, 0.15) is 61.4 Å². The van der Waals surface area contributed by atoms with Gasteiger partial charge in [0.1, 0.15) is 0 Å². The molecule has 2 fully saturated rings. The Bertz CT molecular complexity index is 672. The minimum atomic E-state index is -0.0655. The Morgan fingerprint density at radius 1 is 1.16 bits per heavy atom. The van der Waals surface area contributed by atoms with Crippen molar-refractivity contribution in [2.75, 3.05) is 19.6 Å². The summed E-state index contributed by atoms with van der Waals surface area (Å²) >= 11 is 0. The van der Waals surface area contributed by atoms with E-state index in [1.54, 1.807) is 0 Å². The molecule has 0 spiro atoms. The van der Waals surface area contributed by atoms with Gasteiger partial charge >= 0.3 is 0 Å². The van der Waals surface area contributed by atoms with Crippen LogP contribution in [0.2, 0.25) is 0 Å². The fraction of sp³-hybridized carbons (Fsp3) is 0.524. The first-order chi connectivity index (χ1) is 11.9. The lowest BCUT2D eigenvalue weighted by molar-refractivity contribution is -0.127. The van der Waals surface area contributed by atoms with Crippen molar-refractivity contribution in [3.8, 4) is 0 Å². The van der Waals surface area contributed by atoms with Crippen LogP contribution in [0.25, 0.3) is 0 Å². The summed E-state index contributed by atoms with van der Waals surface area (Å²) < 4.78 is 0. The standard InChI is InChI=1S/C21H28N2O2/c1-4-19(24)22-14-10-16(11-15-22)17-8-5-6-9-18(17)20(25)23-13-7-12-21(23,2)3/h4-6,8-9,16H,1,7,10-15H2,2-3H3. The molecule has 0 atom stereocenters. The smallest absolute Gasteiger partial charge is 0.254 e. The molecular formula is C21H28N2O2. The van der Waals surface area contributed by atoms with E-state index in [2.05, 4.69) is 26.5 Å². The lowest BCUT2D eigenvalue weighted by Crippen LogP contribution is -2.43. The highest BCUT2D eigenvalue weighted by Gasteiger charge is 2.37. The third-order valence-corrected chi connectivity index (χ3v) is 5.76. The number of hydrogen-bond acceptors (Lipinski definition) is 2. The zero-order valence-corrected chi connectivity index (χ0v) is 15.3. The lowest BCUT2D eigenvalue weighted by atomic mass is 9.85. The van der Waals surface area contributed by atoms with Gasteiger partial charge in [0.05, 0.1) is 0 Å². The van der Waals surface area contributed by atoms with Crippen LogP contribution in [0.4, 0.5) is 0 Å². The number of rotatable bonds is 3. The van der Waals surface area contributed by atoms with Crippen LogP contribution in [-0.2, 0) is 4.79 Å². The normalized spacial score (nSPS) is 20.6. The average Bonchev–Trinajstić information content (AvgIpc) is 2.99. The van der Waals surface area contributed by atoms with Crippen molar-refractivity contribution < 1.29 is 9.59 Å². The molecule has 2 amide bonds. The molecule has 134 valence electrons. The van der Waals surface area contributed by atoms with Crippen LogP contribution in [0.15, 0.2) is 36.9 Å². The number of amides is 2. The Hall–Kier alpha value is -2.10. The van der Waals surface area contributed by atoms with Gasteiger partial charge in [0.2, 0.25) is 5.91 Å². The van der Waals surface area contributed by atoms with Crippen molar-refractivity contribution in [2.45, 2.75) is 51.0 Å². The number of likely N-dealkylation sites (tertiary alicyclic amines) is 2. The number of carbonyl (C=O) groups is 2. The molecule has 2 heterocycles. The predicted octanol–water partition coefficient (Wildman–Crippen LogP) is 3.59. The predicted molar refractivity (Wildman–Crippen MR) is 99.5 cm³/mol. The summed E-state index contributed by atoms with van der Waals surface area (Å²) in [5.41, 5.74) is 1.91. The third-order valence-electron chi connectivity index (χ3n) is 5.76. The maximum absolute atomic E-state index is 13.2. The van der Waals surface area contributed by atoms with Crippen molar-refractivity contribution in [1.29, 1.82) is 0 Å². The molecule has 0 radical (unpaired) electrons. The molecule has 25 heavy (non-hydrogen) atoms. The summed E-state index contributed by atoms with van der Waals surface area (Å²) in [6, 6.07) is 8.03. The summed E-state index contributed by atoms with van der Waals surface area (Å²) in [7, 11) is 0. The molecule has 0 N–H and O–H groups in total. The maximum Gasteiger partial charge on any atom is 0.254 e. The number of nitrogens with zero attached hydrogens (tertiary/aromatic N) is 2. The lowest BCUT2D eigenvalue weighted by Gasteiger charge is -2.35. The van der Waals surface area contributed by atoms with Gasteiger partial charge in [-0.25, -0.2) is 0 Å². The maximum atomic E-state index is 13.2. The second kappa shape index (κ2) is 7.03. The summed E-state index contributed by atoms with van der Waals surface area (Å²) in [5, 5.41) is 0.